The van der Waals surface area contributed by atoms with E-state index in [0.717, 1.165) is 31.2 Å². The van der Waals surface area contributed by atoms with E-state index in [1.165, 1.54) is 0 Å². The molecule has 138 valence electrons. The van der Waals surface area contributed by atoms with Crippen molar-refractivity contribution >= 4 is 17.5 Å². The maximum atomic E-state index is 13.5. The number of ether oxygens (including phenoxy) is 1. The van der Waals surface area contributed by atoms with E-state index in [0.29, 0.717) is 37.4 Å². The molecule has 5 nitrogen and oxygen atoms in total. The standard InChI is InChI=1S/C21H24O5/c22-17-10-14(13-5-8-25-11-13)9-16-15(17)2-1-12-3-6-21(20(24)19(12)16)7-4-18(23)26-21/h5,8,11-12,14-16,19H,1-4,6-7,9-10H2/t12?,14-,15-,16?,19+,21+/m1/s1. The van der Waals surface area contributed by atoms with Crippen LogP contribution in [-0.2, 0) is 19.1 Å². The number of Topliss-reactive ketones (excluding diaryl/α,β-unsaturated/α-hetero) is 2. The molecule has 1 aromatic heterocycles. The first kappa shape index (κ1) is 16.3. The van der Waals surface area contributed by atoms with Crippen molar-refractivity contribution in [1.82, 2.24) is 0 Å². The first-order valence-corrected chi connectivity index (χ1v) is 9.88. The molecule has 1 aliphatic heterocycles. The highest BCUT2D eigenvalue weighted by Crippen LogP contribution is 2.55. The highest BCUT2D eigenvalue weighted by Gasteiger charge is 2.59. The van der Waals surface area contributed by atoms with Gasteiger partial charge in [-0.1, -0.05) is 0 Å². The van der Waals surface area contributed by atoms with Crippen molar-refractivity contribution in [2.75, 3.05) is 0 Å². The molecule has 2 unspecified atom stereocenters. The predicted molar refractivity (Wildman–Crippen MR) is 91.2 cm³/mol. The topological polar surface area (TPSA) is 73.6 Å². The van der Waals surface area contributed by atoms with E-state index >= 15 is 0 Å². The summed E-state index contributed by atoms with van der Waals surface area (Å²) in [6.07, 6.45) is 9.08. The van der Waals surface area contributed by atoms with Crippen LogP contribution in [0.25, 0.3) is 0 Å². The SMILES string of the molecule is O=C1CC[C@]2(CCC3CC[C@H]4C(=O)C[C@H](c5ccoc5)CC4[C@H]3C2=O)O1. The molecule has 0 radical (unpaired) electrons. The third-order valence-electron chi connectivity index (χ3n) is 7.48. The second kappa shape index (κ2) is 5.80. The Morgan fingerprint density at radius 2 is 1.96 bits per heavy atom. The number of carbonyl (C=O) groups excluding carboxylic acids is 3. The van der Waals surface area contributed by atoms with Gasteiger partial charge in [0.05, 0.1) is 12.5 Å². The van der Waals surface area contributed by atoms with Crippen molar-refractivity contribution in [2.24, 2.45) is 23.7 Å². The number of hydrogen-bond donors (Lipinski definition) is 0. The average molecular weight is 356 g/mol. The van der Waals surface area contributed by atoms with Gasteiger partial charge in [-0.25, -0.2) is 0 Å². The molecule has 6 atom stereocenters. The molecule has 5 rings (SSSR count). The molecular formula is C21H24O5. The molecule has 3 saturated carbocycles. The molecule has 0 aromatic carbocycles. The number of furan rings is 1. The third kappa shape index (κ3) is 2.32. The van der Waals surface area contributed by atoms with Crippen molar-refractivity contribution in [2.45, 2.75) is 62.9 Å². The Bertz CT molecular complexity index is 750. The maximum absolute atomic E-state index is 13.5. The lowest BCUT2D eigenvalue weighted by Gasteiger charge is -2.50. The molecular weight excluding hydrogens is 332 g/mol. The minimum atomic E-state index is -0.897. The minimum Gasteiger partial charge on any atom is -0.472 e. The maximum Gasteiger partial charge on any atom is 0.306 e. The summed E-state index contributed by atoms with van der Waals surface area (Å²) in [6, 6.07) is 1.93. The summed E-state index contributed by atoms with van der Waals surface area (Å²) in [6.45, 7) is 0. The quantitative estimate of drug-likeness (QED) is 0.721. The van der Waals surface area contributed by atoms with Crippen molar-refractivity contribution in [3.63, 3.8) is 0 Å². The Labute approximate surface area is 152 Å². The summed E-state index contributed by atoms with van der Waals surface area (Å²) < 4.78 is 10.8. The molecule has 26 heavy (non-hydrogen) atoms. The summed E-state index contributed by atoms with van der Waals surface area (Å²) in [4.78, 5) is 38.1. The van der Waals surface area contributed by atoms with Crippen LogP contribution in [0.15, 0.2) is 23.0 Å². The van der Waals surface area contributed by atoms with E-state index in [2.05, 4.69) is 0 Å². The summed E-state index contributed by atoms with van der Waals surface area (Å²) in [7, 11) is 0. The first-order chi connectivity index (χ1) is 12.6. The highest BCUT2D eigenvalue weighted by molar-refractivity contribution is 5.95. The molecule has 0 N–H and O–H groups in total. The zero-order chi connectivity index (χ0) is 17.9. The van der Waals surface area contributed by atoms with Crippen LogP contribution in [0.2, 0.25) is 0 Å². The van der Waals surface area contributed by atoms with Gasteiger partial charge in [0.2, 0.25) is 0 Å². The third-order valence-corrected chi connectivity index (χ3v) is 7.48. The van der Waals surface area contributed by atoms with Crippen molar-refractivity contribution in [1.29, 1.82) is 0 Å². The van der Waals surface area contributed by atoms with Gasteiger partial charge in [-0.3, -0.25) is 14.4 Å². The van der Waals surface area contributed by atoms with E-state index in [9.17, 15) is 14.4 Å². The number of hydrogen-bond acceptors (Lipinski definition) is 5. The lowest BCUT2D eigenvalue weighted by Crippen LogP contribution is -2.56. The Balaban J connectivity index is 1.47. The Hall–Kier alpha value is -1.91. The van der Waals surface area contributed by atoms with E-state index in [-0.39, 0.29) is 35.4 Å². The number of fused-ring (bicyclic) bond motifs is 3. The molecule has 1 spiro atoms. The zero-order valence-electron chi connectivity index (χ0n) is 14.8. The normalized spacial score (nSPS) is 42.5. The van der Waals surface area contributed by atoms with Gasteiger partial charge in [-0.2, -0.15) is 0 Å². The molecule has 4 aliphatic rings. The van der Waals surface area contributed by atoms with Gasteiger partial charge < -0.3 is 9.15 Å². The van der Waals surface area contributed by atoms with Crippen LogP contribution in [0.5, 0.6) is 0 Å². The van der Waals surface area contributed by atoms with Gasteiger partial charge in [0, 0.05) is 31.1 Å². The molecule has 4 fully saturated rings. The predicted octanol–water partition coefficient (Wildman–Crippen LogP) is 3.42. The molecule has 5 heteroatoms. The van der Waals surface area contributed by atoms with E-state index in [1.54, 1.807) is 12.5 Å². The fraction of sp³-hybridized carbons (Fsp3) is 0.667. The second-order valence-corrected chi connectivity index (χ2v) is 8.66. The van der Waals surface area contributed by atoms with Crippen molar-refractivity contribution in [3.05, 3.63) is 24.2 Å². The van der Waals surface area contributed by atoms with Crippen LogP contribution in [0.1, 0.15) is 62.8 Å². The van der Waals surface area contributed by atoms with Crippen molar-refractivity contribution in [3.8, 4) is 0 Å². The smallest absolute Gasteiger partial charge is 0.306 e. The summed E-state index contributed by atoms with van der Waals surface area (Å²) in [5, 5.41) is 0. The van der Waals surface area contributed by atoms with Gasteiger partial charge in [0.15, 0.2) is 11.4 Å². The Morgan fingerprint density at radius 1 is 1.08 bits per heavy atom. The monoisotopic (exact) mass is 356 g/mol. The molecule has 0 amide bonds. The molecule has 0 bridgehead atoms. The highest BCUT2D eigenvalue weighted by atomic mass is 16.6. The van der Waals surface area contributed by atoms with Crippen LogP contribution < -0.4 is 0 Å². The molecule has 3 aliphatic carbocycles. The summed E-state index contributed by atoms with van der Waals surface area (Å²) in [5.74, 6) is 0.570. The molecule has 1 saturated heterocycles. The van der Waals surface area contributed by atoms with Crippen molar-refractivity contribution < 1.29 is 23.5 Å². The number of carbonyl (C=O) groups is 3. The number of rotatable bonds is 1. The first-order valence-electron chi connectivity index (χ1n) is 9.88. The number of esters is 1. The van der Waals surface area contributed by atoms with Gasteiger partial charge in [0.1, 0.15) is 5.78 Å². The zero-order valence-corrected chi connectivity index (χ0v) is 14.8. The second-order valence-electron chi connectivity index (χ2n) is 8.66. The fourth-order valence-corrected chi connectivity index (χ4v) is 6.22. The van der Waals surface area contributed by atoms with Crippen LogP contribution >= 0.6 is 0 Å². The van der Waals surface area contributed by atoms with E-state index in [1.807, 2.05) is 6.07 Å². The molecule has 2 heterocycles. The van der Waals surface area contributed by atoms with Gasteiger partial charge in [-0.05, 0) is 61.5 Å². The lowest BCUT2D eigenvalue weighted by molar-refractivity contribution is -0.170. The average Bonchev–Trinajstić information content (AvgIpc) is 3.28. The van der Waals surface area contributed by atoms with Gasteiger partial charge >= 0.3 is 5.97 Å². The Morgan fingerprint density at radius 3 is 2.69 bits per heavy atom. The summed E-state index contributed by atoms with van der Waals surface area (Å²) in [5.41, 5.74) is 0.162. The Kier molecular flexibility index (Phi) is 3.63. The van der Waals surface area contributed by atoms with Crippen LogP contribution in [-0.4, -0.2) is 23.1 Å². The summed E-state index contributed by atoms with van der Waals surface area (Å²) >= 11 is 0. The van der Waals surface area contributed by atoms with Crippen LogP contribution in [0.4, 0.5) is 0 Å². The largest absolute Gasteiger partial charge is 0.472 e. The number of ketones is 2. The molecule has 1 aromatic rings. The van der Waals surface area contributed by atoms with Crippen LogP contribution in [0, 0.1) is 23.7 Å². The minimum absolute atomic E-state index is 0.00407. The van der Waals surface area contributed by atoms with Crippen LogP contribution in [0.3, 0.4) is 0 Å². The van der Waals surface area contributed by atoms with E-state index in [4.69, 9.17) is 9.15 Å². The fourth-order valence-electron chi connectivity index (χ4n) is 6.22. The lowest BCUT2D eigenvalue weighted by atomic mass is 9.53. The van der Waals surface area contributed by atoms with E-state index < -0.39 is 5.60 Å². The van der Waals surface area contributed by atoms with Gasteiger partial charge in [0.25, 0.3) is 0 Å². The van der Waals surface area contributed by atoms with Gasteiger partial charge in [-0.15, -0.1) is 0 Å².